The van der Waals surface area contributed by atoms with Crippen LogP contribution in [0.1, 0.15) is 35.2 Å². The van der Waals surface area contributed by atoms with Crippen molar-refractivity contribution in [3.63, 3.8) is 0 Å². The highest BCUT2D eigenvalue weighted by Crippen LogP contribution is 2.31. The maximum atomic E-state index is 5.50. The second kappa shape index (κ2) is 6.52. The lowest BCUT2D eigenvalue weighted by Gasteiger charge is -2.20. The largest absolute Gasteiger partial charge is 0.496 e. The Balaban J connectivity index is 2.28. The van der Waals surface area contributed by atoms with Gasteiger partial charge in [0, 0.05) is 15.7 Å². The fourth-order valence-corrected chi connectivity index (χ4v) is 2.76. The summed E-state index contributed by atoms with van der Waals surface area (Å²) in [6.07, 6.45) is 0. The number of hydrogen-bond donors (Lipinski definition) is 1. The molecule has 2 aromatic rings. The summed E-state index contributed by atoms with van der Waals surface area (Å²) in [6.45, 7) is 8.45. The van der Waals surface area contributed by atoms with E-state index in [0.29, 0.717) is 0 Å². The van der Waals surface area contributed by atoms with Crippen molar-refractivity contribution in [2.24, 2.45) is 0 Å². The van der Waals surface area contributed by atoms with Gasteiger partial charge in [-0.3, -0.25) is 0 Å². The number of rotatable bonds is 4. The Bertz CT molecular complexity index is 629. The van der Waals surface area contributed by atoms with E-state index in [2.05, 4.69) is 79.3 Å². The molecule has 0 aliphatic heterocycles. The van der Waals surface area contributed by atoms with Gasteiger partial charge in [-0.25, -0.2) is 0 Å². The Morgan fingerprint density at radius 1 is 1.05 bits per heavy atom. The SMILES string of the molecule is COc1cc(C)ccc1C(C)Nc1cc(C)c(Br)c(C)c1. The van der Waals surface area contributed by atoms with Crippen LogP contribution in [0, 0.1) is 20.8 Å². The normalized spacial score (nSPS) is 12.1. The van der Waals surface area contributed by atoms with Crippen LogP contribution < -0.4 is 10.1 Å². The molecule has 3 heteroatoms. The molecule has 0 saturated heterocycles. The molecule has 112 valence electrons. The molecule has 0 radical (unpaired) electrons. The van der Waals surface area contributed by atoms with E-state index in [9.17, 15) is 0 Å². The molecule has 0 saturated carbocycles. The average Bonchev–Trinajstić information content (AvgIpc) is 2.44. The first-order valence-electron chi connectivity index (χ1n) is 7.10. The summed E-state index contributed by atoms with van der Waals surface area (Å²) in [5.74, 6) is 0.931. The van der Waals surface area contributed by atoms with E-state index >= 15 is 0 Å². The van der Waals surface area contributed by atoms with Gasteiger partial charge in [-0.2, -0.15) is 0 Å². The van der Waals surface area contributed by atoms with Crippen LogP contribution in [0.2, 0.25) is 0 Å². The molecule has 0 aliphatic rings. The summed E-state index contributed by atoms with van der Waals surface area (Å²) in [5, 5.41) is 3.56. The molecule has 2 rings (SSSR count). The maximum absolute atomic E-state index is 5.50. The summed E-state index contributed by atoms with van der Waals surface area (Å²) in [4.78, 5) is 0. The van der Waals surface area contributed by atoms with Crippen LogP contribution in [-0.4, -0.2) is 7.11 Å². The van der Waals surface area contributed by atoms with Crippen molar-refractivity contribution >= 4 is 21.6 Å². The second-order valence-corrected chi connectivity index (χ2v) is 6.33. The van der Waals surface area contributed by atoms with Crippen LogP contribution in [0.25, 0.3) is 0 Å². The lowest BCUT2D eigenvalue weighted by atomic mass is 10.0. The van der Waals surface area contributed by atoms with Crippen molar-refractivity contribution in [1.29, 1.82) is 0 Å². The van der Waals surface area contributed by atoms with E-state index in [-0.39, 0.29) is 6.04 Å². The zero-order valence-corrected chi connectivity index (χ0v) is 14.8. The van der Waals surface area contributed by atoms with Gasteiger partial charge in [0.1, 0.15) is 5.75 Å². The molecule has 0 bridgehead atoms. The molecule has 1 atom stereocenters. The lowest BCUT2D eigenvalue weighted by Crippen LogP contribution is -2.08. The summed E-state index contributed by atoms with van der Waals surface area (Å²) in [5.41, 5.74) is 5.98. The van der Waals surface area contributed by atoms with E-state index < -0.39 is 0 Å². The van der Waals surface area contributed by atoms with Crippen LogP contribution in [0.5, 0.6) is 5.75 Å². The third-order valence-corrected chi connectivity index (χ3v) is 4.93. The zero-order chi connectivity index (χ0) is 15.6. The quantitative estimate of drug-likeness (QED) is 0.781. The fraction of sp³-hybridized carbons (Fsp3) is 0.333. The van der Waals surface area contributed by atoms with Gasteiger partial charge in [-0.15, -0.1) is 0 Å². The Hall–Kier alpha value is -1.48. The van der Waals surface area contributed by atoms with Crippen LogP contribution in [0.4, 0.5) is 5.69 Å². The van der Waals surface area contributed by atoms with Crippen molar-refractivity contribution in [1.82, 2.24) is 0 Å². The zero-order valence-electron chi connectivity index (χ0n) is 13.3. The Morgan fingerprint density at radius 2 is 1.67 bits per heavy atom. The smallest absolute Gasteiger partial charge is 0.124 e. The van der Waals surface area contributed by atoms with Crippen molar-refractivity contribution in [3.8, 4) is 5.75 Å². The molecule has 1 N–H and O–H groups in total. The molecule has 0 aliphatic carbocycles. The highest BCUT2D eigenvalue weighted by molar-refractivity contribution is 9.10. The van der Waals surface area contributed by atoms with Gasteiger partial charge in [-0.1, -0.05) is 28.1 Å². The Morgan fingerprint density at radius 3 is 2.24 bits per heavy atom. The molecule has 0 heterocycles. The first-order valence-corrected chi connectivity index (χ1v) is 7.89. The highest BCUT2D eigenvalue weighted by atomic mass is 79.9. The molecule has 2 aromatic carbocycles. The van der Waals surface area contributed by atoms with E-state index in [1.54, 1.807) is 7.11 Å². The minimum atomic E-state index is 0.181. The fourth-order valence-electron chi connectivity index (χ4n) is 2.53. The number of hydrogen-bond acceptors (Lipinski definition) is 2. The molecule has 2 nitrogen and oxygen atoms in total. The summed E-state index contributed by atoms with van der Waals surface area (Å²) in [6, 6.07) is 10.8. The van der Waals surface area contributed by atoms with Gasteiger partial charge in [0.2, 0.25) is 0 Å². The molecule has 1 unspecified atom stereocenters. The number of nitrogens with one attached hydrogen (secondary N) is 1. The Kier molecular flexibility index (Phi) is 4.94. The average molecular weight is 348 g/mol. The first kappa shape index (κ1) is 15.9. The molecule has 0 fully saturated rings. The molecular weight excluding hydrogens is 326 g/mol. The number of methoxy groups -OCH3 is 1. The lowest BCUT2D eigenvalue weighted by molar-refractivity contribution is 0.407. The van der Waals surface area contributed by atoms with Crippen molar-refractivity contribution in [2.75, 3.05) is 12.4 Å². The third kappa shape index (κ3) is 3.59. The second-order valence-electron chi connectivity index (χ2n) is 5.54. The molecule has 0 amide bonds. The Labute approximate surface area is 135 Å². The first-order chi connectivity index (χ1) is 9.92. The number of benzene rings is 2. The van der Waals surface area contributed by atoms with Crippen molar-refractivity contribution < 1.29 is 4.74 Å². The van der Waals surface area contributed by atoms with Gasteiger partial charge in [-0.05, 0) is 62.6 Å². The number of aryl methyl sites for hydroxylation is 3. The van der Waals surface area contributed by atoms with E-state index in [0.717, 1.165) is 11.4 Å². The monoisotopic (exact) mass is 347 g/mol. The van der Waals surface area contributed by atoms with Crippen LogP contribution in [0.3, 0.4) is 0 Å². The highest BCUT2D eigenvalue weighted by Gasteiger charge is 2.12. The maximum Gasteiger partial charge on any atom is 0.124 e. The predicted octanol–water partition coefficient (Wildman–Crippen LogP) is 5.56. The number of ether oxygens (including phenoxy) is 1. The van der Waals surface area contributed by atoms with Gasteiger partial charge < -0.3 is 10.1 Å². The minimum absolute atomic E-state index is 0.181. The van der Waals surface area contributed by atoms with Crippen LogP contribution >= 0.6 is 15.9 Å². The van der Waals surface area contributed by atoms with E-state index in [4.69, 9.17) is 4.74 Å². The summed E-state index contributed by atoms with van der Waals surface area (Å²) in [7, 11) is 1.72. The van der Waals surface area contributed by atoms with Crippen LogP contribution in [0.15, 0.2) is 34.8 Å². The summed E-state index contributed by atoms with van der Waals surface area (Å²) < 4.78 is 6.68. The van der Waals surface area contributed by atoms with Gasteiger partial charge >= 0.3 is 0 Å². The summed E-state index contributed by atoms with van der Waals surface area (Å²) >= 11 is 3.61. The topological polar surface area (TPSA) is 21.3 Å². The molecule has 21 heavy (non-hydrogen) atoms. The number of anilines is 1. The van der Waals surface area contributed by atoms with E-state index in [1.807, 2.05) is 0 Å². The third-order valence-electron chi connectivity index (χ3n) is 3.68. The standard InChI is InChI=1S/C18H22BrNO/c1-11-6-7-16(17(8-11)21-5)14(4)20-15-9-12(2)18(19)13(3)10-15/h6-10,14,20H,1-5H3. The molecule has 0 aromatic heterocycles. The van der Waals surface area contributed by atoms with Crippen LogP contribution in [-0.2, 0) is 0 Å². The minimum Gasteiger partial charge on any atom is -0.496 e. The van der Waals surface area contributed by atoms with Crippen molar-refractivity contribution in [2.45, 2.75) is 33.7 Å². The molecular formula is C18H22BrNO. The van der Waals surface area contributed by atoms with Gasteiger partial charge in [0.05, 0.1) is 13.2 Å². The van der Waals surface area contributed by atoms with Crippen molar-refractivity contribution in [3.05, 3.63) is 57.1 Å². The molecule has 0 spiro atoms. The van der Waals surface area contributed by atoms with Gasteiger partial charge in [0.15, 0.2) is 0 Å². The van der Waals surface area contributed by atoms with Gasteiger partial charge in [0.25, 0.3) is 0 Å². The number of halogens is 1. The van der Waals surface area contributed by atoms with E-state index in [1.165, 1.54) is 26.7 Å². The predicted molar refractivity (Wildman–Crippen MR) is 93.4 cm³/mol.